The van der Waals surface area contributed by atoms with Gasteiger partial charge in [-0.2, -0.15) is 13.2 Å². The van der Waals surface area contributed by atoms with E-state index in [1.165, 1.54) is 0 Å². The summed E-state index contributed by atoms with van der Waals surface area (Å²) in [6, 6.07) is 0. The first-order valence-electron chi connectivity index (χ1n) is 4.84. The second-order valence-electron chi connectivity index (χ2n) is 5.08. The zero-order valence-corrected chi connectivity index (χ0v) is 7.88. The van der Waals surface area contributed by atoms with E-state index in [4.69, 9.17) is 0 Å². The van der Waals surface area contributed by atoms with Crippen molar-refractivity contribution in [3.05, 3.63) is 0 Å². The maximum absolute atomic E-state index is 12.4. The Morgan fingerprint density at radius 2 is 1.47 bits per heavy atom. The molecule has 0 saturated heterocycles. The smallest absolute Gasteiger partial charge is 0.449 e. The van der Waals surface area contributed by atoms with Crippen LogP contribution in [0.15, 0.2) is 0 Å². The van der Waals surface area contributed by atoms with Crippen molar-refractivity contribution in [1.82, 2.24) is 0 Å². The first-order chi connectivity index (χ1) is 6.58. The van der Waals surface area contributed by atoms with Crippen LogP contribution in [-0.4, -0.2) is 13.2 Å². The number of alkyl halides is 3. The number of halogens is 6. The van der Waals surface area contributed by atoms with Crippen LogP contribution < -0.4 is 0 Å². The van der Waals surface area contributed by atoms with Crippen molar-refractivity contribution < 1.29 is 26.1 Å². The molecule has 0 amide bonds. The van der Waals surface area contributed by atoms with Crippen LogP contribution in [0, 0.1) is 5.41 Å². The Balaban J connectivity index is 1.84. The Morgan fingerprint density at radius 1 is 1.00 bits per heavy atom. The van der Waals surface area contributed by atoms with E-state index in [2.05, 4.69) is 0 Å². The van der Waals surface area contributed by atoms with E-state index in [1.54, 1.807) is 0 Å². The lowest BCUT2D eigenvalue weighted by molar-refractivity contribution is -0.173. The first kappa shape index (κ1) is 11.1. The van der Waals surface area contributed by atoms with Gasteiger partial charge in [0.05, 0.1) is 0 Å². The van der Waals surface area contributed by atoms with Crippen molar-refractivity contribution in [3.8, 4) is 0 Å². The van der Waals surface area contributed by atoms with Crippen LogP contribution in [0.5, 0.6) is 0 Å². The summed E-state index contributed by atoms with van der Waals surface area (Å²) in [7, 11) is 0. The standard InChI is InChI=1S/C8H10BF6/c10-8(11,12)2-1-6-3-7(4-6,5-6)9(13,14)15/h1-5H2/q-1. The quantitative estimate of drug-likeness (QED) is 0.506. The maximum atomic E-state index is 12.4. The van der Waals surface area contributed by atoms with E-state index in [1.807, 2.05) is 0 Å². The average molecular weight is 231 g/mol. The number of rotatable bonds is 3. The minimum absolute atomic E-state index is 0.0699. The topological polar surface area (TPSA) is 0 Å². The van der Waals surface area contributed by atoms with Gasteiger partial charge < -0.3 is 12.9 Å². The molecule has 3 fully saturated rings. The summed E-state index contributed by atoms with van der Waals surface area (Å²) in [6.45, 7) is -4.86. The molecule has 0 atom stereocenters. The van der Waals surface area contributed by atoms with Crippen molar-refractivity contribution >= 4 is 6.98 Å². The van der Waals surface area contributed by atoms with Crippen molar-refractivity contribution in [3.63, 3.8) is 0 Å². The molecule has 88 valence electrons. The van der Waals surface area contributed by atoms with E-state index in [0.717, 1.165) is 0 Å². The molecule has 0 N–H and O–H groups in total. The van der Waals surface area contributed by atoms with E-state index in [0.29, 0.717) is 0 Å². The summed E-state index contributed by atoms with van der Waals surface area (Å²) in [5.41, 5.74) is -0.632. The lowest BCUT2D eigenvalue weighted by Crippen LogP contribution is -2.65. The Hall–Kier alpha value is -0.355. The average Bonchev–Trinajstić information content (AvgIpc) is 1.73. The van der Waals surface area contributed by atoms with Crippen LogP contribution >= 0.6 is 0 Å². The molecular formula is C8H10BF6-. The predicted molar refractivity (Wildman–Crippen MR) is 43.3 cm³/mol. The summed E-state index contributed by atoms with van der Waals surface area (Å²) < 4.78 is 72.8. The van der Waals surface area contributed by atoms with Crippen LogP contribution in [0.3, 0.4) is 0 Å². The minimum atomic E-state index is -4.86. The van der Waals surface area contributed by atoms with Crippen LogP contribution in [0.25, 0.3) is 0 Å². The van der Waals surface area contributed by atoms with Crippen LogP contribution in [-0.2, 0) is 0 Å². The molecule has 0 heterocycles. The molecular weight excluding hydrogens is 221 g/mol. The number of hydrogen-bond acceptors (Lipinski definition) is 0. The zero-order chi connectivity index (χ0) is 11.5. The van der Waals surface area contributed by atoms with Gasteiger partial charge in [-0.1, -0.05) is 24.6 Å². The summed E-state index contributed by atoms with van der Waals surface area (Å²) in [4.78, 5) is 0. The molecule has 0 aromatic carbocycles. The highest BCUT2D eigenvalue weighted by molar-refractivity contribution is 6.63. The first-order valence-corrected chi connectivity index (χ1v) is 4.84. The molecule has 3 saturated carbocycles. The Morgan fingerprint density at radius 3 is 1.80 bits per heavy atom. The van der Waals surface area contributed by atoms with Crippen molar-refractivity contribution in [2.24, 2.45) is 5.41 Å². The Labute approximate surface area is 83.1 Å². The largest absolute Gasteiger partial charge is 0.484 e. The van der Waals surface area contributed by atoms with E-state index in [9.17, 15) is 26.1 Å². The predicted octanol–water partition coefficient (Wildman–Crippen LogP) is 4.10. The molecule has 0 radical (unpaired) electrons. The summed E-state index contributed by atoms with van der Waals surface area (Å²) in [5.74, 6) is 0. The van der Waals surface area contributed by atoms with Gasteiger partial charge in [-0.3, -0.25) is 0 Å². The molecule has 7 heteroatoms. The summed E-state index contributed by atoms with van der Waals surface area (Å²) >= 11 is 0. The maximum Gasteiger partial charge on any atom is 0.484 e. The molecule has 3 rings (SSSR count). The Bertz CT molecular complexity index is 252. The Kier molecular flexibility index (Phi) is 1.97. The third-order valence-corrected chi connectivity index (χ3v) is 3.81. The molecule has 0 unspecified atom stereocenters. The molecule has 0 nitrogen and oxygen atoms in total. The molecule has 0 aliphatic heterocycles. The SMILES string of the molecule is F[B-](F)(F)C12CC(CCC(F)(F)F)(C1)C2. The second kappa shape index (κ2) is 2.66. The molecule has 0 aromatic rings. The highest BCUT2D eigenvalue weighted by Crippen LogP contribution is 2.84. The van der Waals surface area contributed by atoms with Gasteiger partial charge in [-0.25, -0.2) is 0 Å². The zero-order valence-electron chi connectivity index (χ0n) is 7.88. The third-order valence-electron chi connectivity index (χ3n) is 3.81. The lowest BCUT2D eigenvalue weighted by atomic mass is 9.23. The van der Waals surface area contributed by atoms with E-state index < -0.39 is 30.3 Å². The van der Waals surface area contributed by atoms with Crippen molar-refractivity contribution in [1.29, 1.82) is 0 Å². The third kappa shape index (κ3) is 1.63. The molecule has 3 aliphatic carbocycles. The molecule has 15 heavy (non-hydrogen) atoms. The van der Waals surface area contributed by atoms with Crippen molar-refractivity contribution in [2.45, 2.75) is 43.6 Å². The van der Waals surface area contributed by atoms with Gasteiger partial charge in [0.15, 0.2) is 0 Å². The molecule has 3 aliphatic rings. The van der Waals surface area contributed by atoms with Crippen LogP contribution in [0.1, 0.15) is 32.1 Å². The van der Waals surface area contributed by atoms with Crippen molar-refractivity contribution in [2.75, 3.05) is 0 Å². The highest BCUT2D eigenvalue weighted by Gasteiger charge is 2.73. The van der Waals surface area contributed by atoms with E-state index in [-0.39, 0.29) is 25.7 Å². The highest BCUT2D eigenvalue weighted by atomic mass is 19.4. The fourth-order valence-electron chi connectivity index (χ4n) is 3.10. The van der Waals surface area contributed by atoms with Gasteiger partial charge in [-0.15, -0.1) is 0 Å². The van der Waals surface area contributed by atoms with Gasteiger partial charge in [0.1, 0.15) is 0 Å². The van der Waals surface area contributed by atoms with Gasteiger partial charge in [0.25, 0.3) is 0 Å². The number of hydrogen-bond donors (Lipinski definition) is 0. The van der Waals surface area contributed by atoms with Gasteiger partial charge in [0.2, 0.25) is 0 Å². The molecule has 0 aromatic heterocycles. The van der Waals surface area contributed by atoms with Gasteiger partial charge in [-0.05, 0) is 11.8 Å². The molecule has 0 spiro atoms. The van der Waals surface area contributed by atoms with Gasteiger partial charge >= 0.3 is 13.2 Å². The van der Waals surface area contributed by atoms with E-state index >= 15 is 0 Å². The van der Waals surface area contributed by atoms with Crippen LogP contribution in [0.4, 0.5) is 26.1 Å². The summed E-state index contributed by atoms with van der Waals surface area (Å²) in [6.07, 6.45) is -5.54. The van der Waals surface area contributed by atoms with Gasteiger partial charge in [0, 0.05) is 6.42 Å². The molecule has 2 bridgehead atoms. The monoisotopic (exact) mass is 231 g/mol. The fraction of sp³-hybridized carbons (Fsp3) is 1.00. The summed E-state index contributed by atoms with van der Waals surface area (Å²) in [5, 5.41) is -1.56. The second-order valence-corrected chi connectivity index (χ2v) is 5.08. The minimum Gasteiger partial charge on any atom is -0.449 e. The lowest BCUT2D eigenvalue weighted by Gasteiger charge is -2.75. The normalized spacial score (nSPS) is 39.6. The fourth-order valence-corrected chi connectivity index (χ4v) is 3.10. The van der Waals surface area contributed by atoms with Crippen LogP contribution in [0.2, 0.25) is 5.31 Å².